The number of hydrogen-bond acceptors (Lipinski definition) is 5. The summed E-state index contributed by atoms with van der Waals surface area (Å²) >= 11 is 3.48. The normalized spacial score (nSPS) is 25.4. The number of carboxylic acid groups (broad SMARTS) is 2. The van der Waals surface area contributed by atoms with E-state index in [4.69, 9.17) is 20.4 Å². The molecule has 0 aromatic carbocycles. The lowest BCUT2D eigenvalue weighted by Crippen LogP contribution is -2.21. The number of rotatable bonds is 3. The van der Waals surface area contributed by atoms with Crippen LogP contribution in [-0.2, 0) is 9.59 Å². The molecule has 0 radical (unpaired) electrons. The van der Waals surface area contributed by atoms with Crippen LogP contribution >= 0.6 is 12.6 Å². The van der Waals surface area contributed by atoms with Crippen LogP contribution in [0.15, 0.2) is 0 Å². The summed E-state index contributed by atoms with van der Waals surface area (Å²) in [6, 6.07) is 0. The van der Waals surface area contributed by atoms with Crippen LogP contribution in [0.5, 0.6) is 0 Å². The van der Waals surface area contributed by atoms with E-state index in [0.29, 0.717) is 0 Å². The zero-order chi connectivity index (χ0) is 13.4. The van der Waals surface area contributed by atoms with Gasteiger partial charge in [-0.05, 0) is 25.7 Å². The van der Waals surface area contributed by atoms with Gasteiger partial charge in [0.15, 0.2) is 0 Å². The van der Waals surface area contributed by atoms with E-state index in [1.54, 1.807) is 0 Å². The second-order valence-electron chi connectivity index (χ2n) is 3.91. The number of aliphatic hydroxyl groups excluding tert-OH is 2. The zero-order valence-corrected chi connectivity index (χ0v) is 10.2. The highest BCUT2D eigenvalue weighted by molar-refractivity contribution is 7.81. The quantitative estimate of drug-likeness (QED) is 0.464. The van der Waals surface area contributed by atoms with Crippen LogP contribution < -0.4 is 0 Å². The molecule has 1 rings (SSSR count). The molecule has 0 bridgehead atoms. The summed E-state index contributed by atoms with van der Waals surface area (Å²) in [6.45, 7) is 0. The molecule has 0 spiro atoms. The van der Waals surface area contributed by atoms with Crippen LogP contribution in [0.2, 0.25) is 0 Å². The van der Waals surface area contributed by atoms with Crippen molar-refractivity contribution in [3.05, 3.63) is 0 Å². The molecule has 6 nitrogen and oxygen atoms in total. The average molecular weight is 266 g/mol. The first-order chi connectivity index (χ1) is 7.82. The van der Waals surface area contributed by atoms with E-state index in [-0.39, 0.29) is 12.2 Å². The van der Waals surface area contributed by atoms with Gasteiger partial charge in [-0.2, -0.15) is 12.6 Å². The number of aliphatic carboxylic acids is 2. The summed E-state index contributed by atoms with van der Waals surface area (Å²) < 4.78 is 0. The molecule has 1 saturated carbocycles. The van der Waals surface area contributed by atoms with Gasteiger partial charge < -0.3 is 20.4 Å². The van der Waals surface area contributed by atoms with Gasteiger partial charge in [-0.3, -0.25) is 9.59 Å². The summed E-state index contributed by atoms with van der Waals surface area (Å²) in [7, 11) is 0. The lowest BCUT2D eigenvalue weighted by molar-refractivity contribution is -0.142. The van der Waals surface area contributed by atoms with Gasteiger partial charge in [-0.25, -0.2) is 0 Å². The standard InChI is InChI=1S/C6H12O2.C4H6O4S/c7-5-1-2-6(8)4-3-5;5-3(6)1-2(9)4(7)8/h5-8H,1-4H2;2,9H,1H2,(H,5,6)(H,7,8). The van der Waals surface area contributed by atoms with E-state index in [2.05, 4.69) is 12.6 Å². The van der Waals surface area contributed by atoms with Crippen molar-refractivity contribution in [2.75, 3.05) is 0 Å². The largest absolute Gasteiger partial charge is 0.481 e. The molecule has 7 heteroatoms. The van der Waals surface area contributed by atoms with Gasteiger partial charge in [-0.1, -0.05) is 0 Å². The molecule has 0 aromatic rings. The lowest BCUT2D eigenvalue weighted by atomic mass is 9.95. The maximum atomic E-state index is 9.90. The molecule has 1 fully saturated rings. The first-order valence-corrected chi connectivity index (χ1v) is 5.83. The zero-order valence-electron chi connectivity index (χ0n) is 9.32. The highest BCUT2D eigenvalue weighted by Crippen LogP contribution is 2.17. The van der Waals surface area contributed by atoms with Gasteiger partial charge in [0.25, 0.3) is 0 Å². The van der Waals surface area contributed by atoms with Gasteiger partial charge in [0.05, 0.1) is 18.6 Å². The molecule has 1 unspecified atom stereocenters. The summed E-state index contributed by atoms with van der Waals surface area (Å²) in [5, 5.41) is 32.8. The lowest BCUT2D eigenvalue weighted by Gasteiger charge is -2.20. The number of thiol groups is 1. The van der Waals surface area contributed by atoms with Crippen molar-refractivity contribution in [1.29, 1.82) is 0 Å². The molecule has 0 amide bonds. The molecular weight excluding hydrogens is 248 g/mol. The summed E-state index contributed by atoms with van der Waals surface area (Å²) in [5.74, 6) is -2.36. The van der Waals surface area contributed by atoms with E-state index in [1.165, 1.54) is 0 Å². The minimum absolute atomic E-state index is 0.140. The smallest absolute Gasteiger partial charge is 0.316 e. The SMILES string of the molecule is O=C(O)CC(S)C(=O)O.OC1CCC(O)CC1. The summed E-state index contributed by atoms with van der Waals surface area (Å²) in [5.41, 5.74) is 0. The molecule has 1 atom stereocenters. The monoisotopic (exact) mass is 266 g/mol. The molecule has 0 aromatic heterocycles. The Balaban J connectivity index is 0.000000302. The Labute approximate surface area is 105 Å². The van der Waals surface area contributed by atoms with Crippen molar-refractivity contribution < 1.29 is 30.0 Å². The number of hydrogen-bond donors (Lipinski definition) is 5. The number of aliphatic hydroxyl groups is 2. The summed E-state index contributed by atoms with van der Waals surface area (Å²) in [4.78, 5) is 19.7. The van der Waals surface area contributed by atoms with Crippen molar-refractivity contribution in [2.24, 2.45) is 0 Å². The van der Waals surface area contributed by atoms with Crippen molar-refractivity contribution >= 4 is 24.6 Å². The van der Waals surface area contributed by atoms with Crippen LogP contribution in [0.4, 0.5) is 0 Å². The topological polar surface area (TPSA) is 115 Å². The van der Waals surface area contributed by atoms with Crippen molar-refractivity contribution in [1.82, 2.24) is 0 Å². The fourth-order valence-electron chi connectivity index (χ4n) is 1.31. The van der Waals surface area contributed by atoms with Crippen LogP contribution in [0.1, 0.15) is 32.1 Å². The van der Waals surface area contributed by atoms with Crippen LogP contribution in [0.3, 0.4) is 0 Å². The van der Waals surface area contributed by atoms with Crippen molar-refractivity contribution in [3.63, 3.8) is 0 Å². The Kier molecular flexibility index (Phi) is 7.94. The van der Waals surface area contributed by atoms with E-state index >= 15 is 0 Å². The van der Waals surface area contributed by atoms with Crippen LogP contribution in [0, 0.1) is 0 Å². The maximum absolute atomic E-state index is 9.90. The second kappa shape index (κ2) is 8.32. The van der Waals surface area contributed by atoms with Crippen molar-refractivity contribution in [2.45, 2.75) is 49.6 Å². The Hall–Kier alpha value is -0.790. The van der Waals surface area contributed by atoms with Gasteiger partial charge in [0, 0.05) is 0 Å². The molecule has 1 aliphatic rings. The first kappa shape index (κ1) is 16.2. The van der Waals surface area contributed by atoms with Crippen LogP contribution in [-0.4, -0.2) is 49.8 Å². The molecule has 0 heterocycles. The Bertz CT molecular complexity index is 239. The van der Waals surface area contributed by atoms with Crippen molar-refractivity contribution in [3.8, 4) is 0 Å². The molecular formula is C10H18O6S. The van der Waals surface area contributed by atoms with Gasteiger partial charge in [-0.15, -0.1) is 0 Å². The molecule has 1 aliphatic carbocycles. The van der Waals surface area contributed by atoms with Gasteiger partial charge >= 0.3 is 11.9 Å². The van der Waals surface area contributed by atoms with E-state index in [9.17, 15) is 9.59 Å². The predicted octanol–water partition coefficient (Wildman–Crippen LogP) is 0.126. The van der Waals surface area contributed by atoms with Gasteiger partial charge in [0.2, 0.25) is 0 Å². The molecule has 0 saturated heterocycles. The number of carbonyl (C=O) groups is 2. The first-order valence-electron chi connectivity index (χ1n) is 5.31. The molecule has 4 N–H and O–H groups in total. The van der Waals surface area contributed by atoms with Crippen LogP contribution in [0.25, 0.3) is 0 Å². The third-order valence-corrected chi connectivity index (χ3v) is 2.72. The summed E-state index contributed by atoms with van der Waals surface area (Å²) in [6.07, 6.45) is 2.39. The Morgan fingerprint density at radius 2 is 1.41 bits per heavy atom. The highest BCUT2D eigenvalue weighted by atomic mass is 32.1. The highest BCUT2D eigenvalue weighted by Gasteiger charge is 2.16. The molecule has 0 aliphatic heterocycles. The fourth-order valence-corrected chi connectivity index (χ4v) is 1.47. The molecule has 100 valence electrons. The third kappa shape index (κ3) is 8.96. The maximum Gasteiger partial charge on any atom is 0.316 e. The Morgan fingerprint density at radius 1 is 1.06 bits per heavy atom. The predicted molar refractivity (Wildman–Crippen MR) is 63.1 cm³/mol. The van der Waals surface area contributed by atoms with E-state index < -0.39 is 23.6 Å². The number of carboxylic acids is 2. The molecule has 17 heavy (non-hydrogen) atoms. The fraction of sp³-hybridized carbons (Fsp3) is 0.800. The van der Waals surface area contributed by atoms with Gasteiger partial charge in [0.1, 0.15) is 5.25 Å². The minimum atomic E-state index is -1.21. The average Bonchev–Trinajstić information content (AvgIpc) is 2.22. The second-order valence-corrected chi connectivity index (χ2v) is 4.54. The van der Waals surface area contributed by atoms with E-state index in [0.717, 1.165) is 25.7 Å². The van der Waals surface area contributed by atoms with E-state index in [1.807, 2.05) is 0 Å². The third-order valence-electron chi connectivity index (χ3n) is 2.32. The minimum Gasteiger partial charge on any atom is -0.481 e. The Morgan fingerprint density at radius 3 is 1.59 bits per heavy atom.